The Balaban J connectivity index is 1.35. The van der Waals surface area contributed by atoms with Crippen molar-refractivity contribution in [2.75, 3.05) is 5.32 Å². The van der Waals surface area contributed by atoms with Gasteiger partial charge in [-0.1, -0.05) is 30.3 Å². The molecule has 2 heterocycles. The highest BCUT2D eigenvalue weighted by molar-refractivity contribution is 7.14. The maximum atomic E-state index is 13.7. The van der Waals surface area contributed by atoms with Crippen LogP contribution in [-0.4, -0.2) is 16.8 Å². The van der Waals surface area contributed by atoms with E-state index in [0.29, 0.717) is 16.6 Å². The number of carbonyl (C=O) groups is 2. The zero-order valence-corrected chi connectivity index (χ0v) is 16.8. The van der Waals surface area contributed by atoms with Crippen LogP contribution in [0.4, 0.5) is 9.52 Å². The number of hydrogen-bond acceptors (Lipinski definition) is 5. The monoisotopic (exact) mass is 423 g/mol. The molecule has 0 spiro atoms. The van der Waals surface area contributed by atoms with Crippen LogP contribution in [0.2, 0.25) is 0 Å². The molecule has 2 N–H and O–H groups in total. The summed E-state index contributed by atoms with van der Waals surface area (Å²) in [5, 5.41) is 8.40. The van der Waals surface area contributed by atoms with Gasteiger partial charge in [0.15, 0.2) is 5.13 Å². The highest BCUT2D eigenvalue weighted by Gasteiger charge is 2.17. The second kappa shape index (κ2) is 8.46. The van der Waals surface area contributed by atoms with Crippen molar-refractivity contribution in [3.8, 4) is 0 Å². The van der Waals surface area contributed by atoms with E-state index in [9.17, 15) is 14.0 Å². The normalized spacial score (nSPS) is 11.9. The number of carbonyl (C=O) groups excluding carboxylic acids is 2. The van der Waals surface area contributed by atoms with E-state index >= 15 is 0 Å². The van der Waals surface area contributed by atoms with Crippen molar-refractivity contribution in [1.82, 2.24) is 10.3 Å². The Kier molecular flexibility index (Phi) is 5.58. The van der Waals surface area contributed by atoms with E-state index in [4.69, 9.17) is 4.42 Å². The predicted octanol–water partition coefficient (Wildman–Crippen LogP) is 4.70. The fraction of sp³-hybridized carbons (Fsp3) is 0.136. The summed E-state index contributed by atoms with van der Waals surface area (Å²) < 4.78 is 19.5. The summed E-state index contributed by atoms with van der Waals surface area (Å²) in [4.78, 5) is 28.8. The van der Waals surface area contributed by atoms with Gasteiger partial charge in [-0.05, 0) is 31.2 Å². The lowest BCUT2D eigenvalue weighted by atomic mass is 10.2. The number of amides is 2. The number of nitrogens with zero attached hydrogens (tertiary/aromatic N) is 1. The molecule has 0 saturated carbocycles. The third-order valence-corrected chi connectivity index (χ3v) is 5.29. The lowest BCUT2D eigenvalue weighted by molar-refractivity contribution is -0.121. The number of halogens is 1. The number of benzene rings is 2. The fourth-order valence-corrected chi connectivity index (χ4v) is 3.70. The Morgan fingerprint density at radius 2 is 1.93 bits per heavy atom. The lowest BCUT2D eigenvalue weighted by Gasteiger charge is -2.10. The van der Waals surface area contributed by atoms with Crippen molar-refractivity contribution in [3.63, 3.8) is 0 Å². The Bertz CT molecular complexity index is 1180. The molecule has 2 aromatic carbocycles. The maximum absolute atomic E-state index is 13.7. The fourth-order valence-electron chi connectivity index (χ4n) is 3.00. The van der Waals surface area contributed by atoms with E-state index < -0.39 is 11.7 Å². The third-order valence-electron chi connectivity index (χ3n) is 4.48. The van der Waals surface area contributed by atoms with Crippen LogP contribution in [0.3, 0.4) is 0 Å². The van der Waals surface area contributed by atoms with Crippen molar-refractivity contribution in [2.24, 2.45) is 0 Å². The maximum Gasteiger partial charge on any atom is 0.260 e. The van der Waals surface area contributed by atoms with Gasteiger partial charge in [-0.25, -0.2) is 9.37 Å². The van der Waals surface area contributed by atoms with Gasteiger partial charge in [0, 0.05) is 10.8 Å². The number of anilines is 1. The van der Waals surface area contributed by atoms with Crippen LogP contribution in [0.5, 0.6) is 0 Å². The SMILES string of the molecule is CC(NC(=O)Cc1csc(NC(=O)c2ccccc2F)n1)c1cc2ccccc2o1. The number of para-hydroxylation sites is 1. The molecule has 2 amide bonds. The molecule has 152 valence electrons. The molecule has 0 fully saturated rings. The van der Waals surface area contributed by atoms with Crippen LogP contribution < -0.4 is 10.6 Å². The minimum atomic E-state index is -0.606. The first-order valence-corrected chi connectivity index (χ1v) is 10.2. The molecule has 8 heteroatoms. The molecule has 1 atom stereocenters. The standard InChI is InChI=1S/C22H18FN3O3S/c1-13(19-10-14-6-2-5-9-18(14)29-19)24-20(27)11-15-12-30-22(25-15)26-21(28)16-7-3-4-8-17(16)23/h2-10,12-13H,11H2,1H3,(H,24,27)(H,25,26,28). The Hall–Kier alpha value is -3.52. The largest absolute Gasteiger partial charge is 0.459 e. The summed E-state index contributed by atoms with van der Waals surface area (Å²) in [6.07, 6.45) is 0.0522. The van der Waals surface area contributed by atoms with E-state index in [-0.39, 0.29) is 23.9 Å². The van der Waals surface area contributed by atoms with Gasteiger partial charge in [0.05, 0.1) is 23.7 Å². The van der Waals surface area contributed by atoms with E-state index in [1.807, 2.05) is 37.3 Å². The summed E-state index contributed by atoms with van der Waals surface area (Å²) >= 11 is 1.17. The van der Waals surface area contributed by atoms with Crippen LogP contribution >= 0.6 is 11.3 Å². The van der Waals surface area contributed by atoms with E-state index in [1.54, 1.807) is 11.4 Å². The van der Waals surface area contributed by atoms with Crippen LogP contribution in [0.25, 0.3) is 11.0 Å². The Morgan fingerprint density at radius 1 is 1.17 bits per heavy atom. The molecule has 0 aliphatic carbocycles. The van der Waals surface area contributed by atoms with Crippen LogP contribution in [0.15, 0.2) is 64.4 Å². The van der Waals surface area contributed by atoms with E-state index in [0.717, 1.165) is 11.0 Å². The van der Waals surface area contributed by atoms with Crippen LogP contribution in [0.1, 0.15) is 34.8 Å². The summed E-state index contributed by atoms with van der Waals surface area (Å²) in [6.45, 7) is 1.84. The van der Waals surface area contributed by atoms with Gasteiger partial charge in [-0.3, -0.25) is 14.9 Å². The molecule has 2 aromatic heterocycles. The van der Waals surface area contributed by atoms with E-state index in [1.165, 1.54) is 29.5 Å². The minimum Gasteiger partial charge on any atom is -0.459 e. The highest BCUT2D eigenvalue weighted by Crippen LogP contribution is 2.24. The Morgan fingerprint density at radius 3 is 2.73 bits per heavy atom. The summed E-state index contributed by atoms with van der Waals surface area (Å²) in [6, 6.07) is 14.9. The molecule has 30 heavy (non-hydrogen) atoms. The van der Waals surface area contributed by atoms with Gasteiger partial charge >= 0.3 is 0 Å². The number of furan rings is 1. The molecule has 0 saturated heterocycles. The van der Waals surface area contributed by atoms with Gasteiger partial charge < -0.3 is 9.73 Å². The van der Waals surface area contributed by atoms with Crippen molar-refractivity contribution in [1.29, 1.82) is 0 Å². The Labute approximate surface area is 175 Å². The molecular weight excluding hydrogens is 405 g/mol. The number of nitrogens with one attached hydrogen (secondary N) is 2. The average molecular weight is 423 g/mol. The summed E-state index contributed by atoms with van der Waals surface area (Å²) in [5.41, 5.74) is 1.22. The molecule has 6 nitrogen and oxygen atoms in total. The average Bonchev–Trinajstić information content (AvgIpc) is 3.34. The first kappa shape index (κ1) is 19.8. The van der Waals surface area contributed by atoms with Gasteiger partial charge in [0.1, 0.15) is 17.2 Å². The van der Waals surface area contributed by atoms with Gasteiger partial charge in [-0.2, -0.15) is 0 Å². The van der Waals surface area contributed by atoms with Crippen LogP contribution in [0, 0.1) is 5.82 Å². The molecule has 4 aromatic rings. The third kappa shape index (κ3) is 4.38. The molecule has 0 aliphatic rings. The zero-order chi connectivity index (χ0) is 21.1. The number of hydrogen-bond donors (Lipinski definition) is 2. The smallest absolute Gasteiger partial charge is 0.260 e. The molecule has 0 bridgehead atoms. The zero-order valence-electron chi connectivity index (χ0n) is 16.0. The van der Waals surface area contributed by atoms with Gasteiger partial charge in [0.2, 0.25) is 5.91 Å². The van der Waals surface area contributed by atoms with E-state index in [2.05, 4.69) is 15.6 Å². The second-order valence-corrected chi connectivity index (χ2v) is 7.59. The molecule has 0 aliphatic heterocycles. The number of fused-ring (bicyclic) bond motifs is 1. The summed E-state index contributed by atoms with van der Waals surface area (Å²) in [5.74, 6) is -0.747. The van der Waals surface area contributed by atoms with Gasteiger partial charge in [-0.15, -0.1) is 11.3 Å². The highest BCUT2D eigenvalue weighted by atomic mass is 32.1. The number of rotatable bonds is 6. The molecule has 0 radical (unpaired) electrons. The molecule has 1 unspecified atom stereocenters. The number of thiazole rings is 1. The number of aromatic nitrogens is 1. The summed E-state index contributed by atoms with van der Waals surface area (Å²) in [7, 11) is 0. The van der Waals surface area contributed by atoms with Crippen molar-refractivity contribution in [3.05, 3.63) is 82.8 Å². The van der Waals surface area contributed by atoms with Crippen molar-refractivity contribution < 1.29 is 18.4 Å². The molecular formula is C22H18FN3O3S. The molecule has 4 rings (SSSR count). The van der Waals surface area contributed by atoms with Crippen molar-refractivity contribution >= 4 is 39.3 Å². The first-order chi connectivity index (χ1) is 14.5. The van der Waals surface area contributed by atoms with Crippen LogP contribution in [-0.2, 0) is 11.2 Å². The quantitative estimate of drug-likeness (QED) is 0.471. The van der Waals surface area contributed by atoms with Gasteiger partial charge in [0.25, 0.3) is 5.91 Å². The van der Waals surface area contributed by atoms with Crippen molar-refractivity contribution in [2.45, 2.75) is 19.4 Å². The first-order valence-electron chi connectivity index (χ1n) is 9.28. The lowest BCUT2D eigenvalue weighted by Crippen LogP contribution is -2.28. The predicted molar refractivity (Wildman–Crippen MR) is 113 cm³/mol. The topological polar surface area (TPSA) is 84.2 Å². The minimum absolute atomic E-state index is 0.0522. The second-order valence-electron chi connectivity index (χ2n) is 6.73.